The number of aryl methyl sites for hydroxylation is 1. The summed E-state index contributed by atoms with van der Waals surface area (Å²) in [6.07, 6.45) is 1.77. The Labute approximate surface area is 135 Å². The minimum atomic E-state index is -0.0661. The third-order valence-electron chi connectivity index (χ3n) is 3.51. The molecule has 1 unspecified atom stereocenters. The summed E-state index contributed by atoms with van der Waals surface area (Å²) in [6.45, 7) is 4.43. The molecule has 7 heteroatoms. The highest BCUT2D eigenvalue weighted by Crippen LogP contribution is 2.03. The van der Waals surface area contributed by atoms with Crippen LogP contribution < -0.4 is 10.2 Å². The summed E-state index contributed by atoms with van der Waals surface area (Å²) >= 11 is 5.37. The summed E-state index contributed by atoms with van der Waals surface area (Å²) in [5.41, 5.74) is 1.85. The Balaban J connectivity index is 1.99. The number of quaternary nitrogens is 1. The van der Waals surface area contributed by atoms with Crippen LogP contribution >= 0.6 is 12.2 Å². The number of hydrogen-bond acceptors (Lipinski definition) is 3. The SMILES string of the molecule is CCn1cnn(C[NH+](C)Cc2ccc(C(=O)NC)cc2)c1=S. The average molecular weight is 320 g/mol. The first-order chi connectivity index (χ1) is 10.5. The molecule has 0 saturated heterocycles. The smallest absolute Gasteiger partial charge is 0.251 e. The van der Waals surface area contributed by atoms with Crippen molar-refractivity contribution in [1.29, 1.82) is 0 Å². The van der Waals surface area contributed by atoms with E-state index in [4.69, 9.17) is 12.2 Å². The summed E-state index contributed by atoms with van der Waals surface area (Å²) in [4.78, 5) is 12.8. The van der Waals surface area contributed by atoms with E-state index in [2.05, 4.69) is 17.5 Å². The summed E-state index contributed by atoms with van der Waals surface area (Å²) in [5, 5.41) is 6.94. The summed E-state index contributed by atoms with van der Waals surface area (Å²) < 4.78 is 4.53. The molecule has 1 atom stereocenters. The third kappa shape index (κ3) is 3.80. The molecular formula is C15H22N5OS+. The first-order valence-corrected chi connectivity index (χ1v) is 7.70. The number of hydrogen-bond donors (Lipinski definition) is 2. The summed E-state index contributed by atoms with van der Waals surface area (Å²) in [6, 6.07) is 7.66. The van der Waals surface area contributed by atoms with Gasteiger partial charge in [-0.15, -0.1) is 0 Å². The maximum Gasteiger partial charge on any atom is 0.251 e. The van der Waals surface area contributed by atoms with Gasteiger partial charge in [-0.2, -0.15) is 9.78 Å². The lowest BCUT2D eigenvalue weighted by atomic mass is 10.1. The average Bonchev–Trinajstić information content (AvgIpc) is 2.87. The number of benzene rings is 1. The van der Waals surface area contributed by atoms with Gasteiger partial charge >= 0.3 is 0 Å². The van der Waals surface area contributed by atoms with Crippen LogP contribution in [0.15, 0.2) is 30.6 Å². The molecule has 1 heterocycles. The molecule has 1 aromatic carbocycles. The van der Waals surface area contributed by atoms with Crippen molar-refractivity contribution in [3.05, 3.63) is 46.5 Å². The van der Waals surface area contributed by atoms with E-state index in [0.717, 1.165) is 17.9 Å². The predicted octanol–water partition coefficient (Wildman–Crippen LogP) is 0.466. The summed E-state index contributed by atoms with van der Waals surface area (Å²) in [7, 11) is 3.73. The van der Waals surface area contributed by atoms with Crippen molar-refractivity contribution in [2.75, 3.05) is 14.1 Å². The normalized spacial score (nSPS) is 12.1. The highest BCUT2D eigenvalue weighted by atomic mass is 32.1. The lowest BCUT2D eigenvalue weighted by molar-refractivity contribution is -0.917. The van der Waals surface area contributed by atoms with Gasteiger partial charge < -0.3 is 14.8 Å². The Morgan fingerprint density at radius 1 is 1.36 bits per heavy atom. The van der Waals surface area contributed by atoms with E-state index in [-0.39, 0.29) is 5.91 Å². The van der Waals surface area contributed by atoms with E-state index < -0.39 is 0 Å². The topological polar surface area (TPSA) is 56.3 Å². The second kappa shape index (κ2) is 7.33. The maximum absolute atomic E-state index is 11.5. The van der Waals surface area contributed by atoms with Gasteiger partial charge in [0, 0.05) is 24.7 Å². The minimum Gasteiger partial charge on any atom is -0.355 e. The van der Waals surface area contributed by atoms with Crippen molar-refractivity contribution >= 4 is 18.1 Å². The summed E-state index contributed by atoms with van der Waals surface area (Å²) in [5.74, 6) is -0.0661. The van der Waals surface area contributed by atoms with Gasteiger partial charge in [0.1, 0.15) is 12.9 Å². The van der Waals surface area contributed by atoms with E-state index in [1.54, 1.807) is 13.4 Å². The van der Waals surface area contributed by atoms with Crippen LogP contribution in [0.25, 0.3) is 0 Å². The first-order valence-electron chi connectivity index (χ1n) is 7.29. The van der Waals surface area contributed by atoms with E-state index in [1.165, 1.54) is 10.5 Å². The lowest BCUT2D eigenvalue weighted by Gasteiger charge is -2.14. The van der Waals surface area contributed by atoms with Crippen LogP contribution in [0.5, 0.6) is 0 Å². The molecule has 0 spiro atoms. The number of amides is 1. The number of nitrogens with zero attached hydrogens (tertiary/aromatic N) is 3. The Morgan fingerprint density at radius 3 is 2.59 bits per heavy atom. The fraction of sp³-hybridized carbons (Fsp3) is 0.400. The zero-order chi connectivity index (χ0) is 16.1. The third-order valence-corrected chi connectivity index (χ3v) is 3.95. The predicted molar refractivity (Wildman–Crippen MR) is 87.1 cm³/mol. The second-order valence-electron chi connectivity index (χ2n) is 5.27. The Kier molecular flexibility index (Phi) is 5.46. The number of aromatic nitrogens is 3. The van der Waals surface area contributed by atoms with Gasteiger partial charge in [-0.3, -0.25) is 4.79 Å². The van der Waals surface area contributed by atoms with E-state index >= 15 is 0 Å². The fourth-order valence-electron chi connectivity index (χ4n) is 2.28. The van der Waals surface area contributed by atoms with E-state index in [9.17, 15) is 4.79 Å². The molecule has 0 aliphatic heterocycles. The molecule has 0 saturated carbocycles. The van der Waals surface area contributed by atoms with Gasteiger partial charge in [0.05, 0.1) is 7.05 Å². The second-order valence-corrected chi connectivity index (χ2v) is 5.63. The number of rotatable bonds is 6. The van der Waals surface area contributed by atoms with Crippen LogP contribution in [0.4, 0.5) is 0 Å². The van der Waals surface area contributed by atoms with Crippen molar-refractivity contribution in [2.24, 2.45) is 0 Å². The molecular weight excluding hydrogens is 298 g/mol. The molecule has 0 fully saturated rings. The van der Waals surface area contributed by atoms with Crippen molar-refractivity contribution in [2.45, 2.75) is 26.7 Å². The molecule has 6 nitrogen and oxygen atoms in total. The van der Waals surface area contributed by atoms with Gasteiger partial charge in [0.15, 0.2) is 6.67 Å². The standard InChI is InChI=1S/C15H21N5OS/c1-4-19-10-17-20(15(19)22)11-18(3)9-12-5-7-13(8-6-12)14(21)16-2/h5-8,10H,4,9,11H2,1-3H3,(H,16,21)/p+1. The van der Waals surface area contributed by atoms with Gasteiger partial charge in [-0.1, -0.05) is 12.1 Å². The molecule has 2 N–H and O–H groups in total. The minimum absolute atomic E-state index is 0.0661. The molecule has 2 aromatic rings. The zero-order valence-electron chi connectivity index (χ0n) is 13.2. The molecule has 0 radical (unpaired) electrons. The molecule has 0 aliphatic rings. The van der Waals surface area contributed by atoms with Crippen LogP contribution in [-0.2, 0) is 19.8 Å². The number of carbonyl (C=O) groups excluding carboxylic acids is 1. The molecule has 1 aromatic heterocycles. The fourth-order valence-corrected chi connectivity index (χ4v) is 2.56. The Hall–Kier alpha value is -1.99. The lowest BCUT2D eigenvalue weighted by Crippen LogP contribution is -3.07. The maximum atomic E-state index is 11.5. The quantitative estimate of drug-likeness (QED) is 0.761. The molecule has 2 rings (SSSR count). The van der Waals surface area contributed by atoms with Gasteiger partial charge in [0.2, 0.25) is 4.77 Å². The molecule has 0 aliphatic carbocycles. The Morgan fingerprint density at radius 2 is 2.05 bits per heavy atom. The zero-order valence-corrected chi connectivity index (χ0v) is 14.0. The van der Waals surface area contributed by atoms with Crippen LogP contribution in [0.2, 0.25) is 0 Å². The monoisotopic (exact) mass is 320 g/mol. The van der Waals surface area contributed by atoms with Gasteiger partial charge in [-0.25, -0.2) is 0 Å². The highest BCUT2D eigenvalue weighted by Gasteiger charge is 2.09. The van der Waals surface area contributed by atoms with Crippen LogP contribution in [0.3, 0.4) is 0 Å². The van der Waals surface area contributed by atoms with Gasteiger partial charge in [-0.05, 0) is 31.3 Å². The van der Waals surface area contributed by atoms with Crippen LogP contribution in [0, 0.1) is 4.77 Å². The van der Waals surface area contributed by atoms with Crippen molar-refractivity contribution in [3.8, 4) is 0 Å². The van der Waals surface area contributed by atoms with Gasteiger partial charge in [0.25, 0.3) is 5.91 Å². The molecule has 22 heavy (non-hydrogen) atoms. The van der Waals surface area contributed by atoms with Crippen LogP contribution in [-0.4, -0.2) is 34.4 Å². The molecule has 1 amide bonds. The molecule has 0 bridgehead atoms. The van der Waals surface area contributed by atoms with Crippen molar-refractivity contribution in [1.82, 2.24) is 19.7 Å². The largest absolute Gasteiger partial charge is 0.355 e. The highest BCUT2D eigenvalue weighted by molar-refractivity contribution is 7.71. The molecule has 118 valence electrons. The van der Waals surface area contributed by atoms with Crippen LogP contribution in [0.1, 0.15) is 22.8 Å². The number of carbonyl (C=O) groups is 1. The Bertz CT molecular complexity index is 689. The first kappa shape index (κ1) is 16.4. The van der Waals surface area contributed by atoms with E-state index in [0.29, 0.717) is 12.2 Å². The number of nitrogens with one attached hydrogen (secondary N) is 2. The van der Waals surface area contributed by atoms with Crippen molar-refractivity contribution in [3.63, 3.8) is 0 Å². The van der Waals surface area contributed by atoms with Crippen molar-refractivity contribution < 1.29 is 9.69 Å². The van der Waals surface area contributed by atoms with E-state index in [1.807, 2.05) is 40.4 Å².